The summed E-state index contributed by atoms with van der Waals surface area (Å²) in [6.07, 6.45) is 6.14. The summed E-state index contributed by atoms with van der Waals surface area (Å²) in [5.41, 5.74) is 2.55. The number of nitriles is 1. The maximum absolute atomic E-state index is 14.5. The Hall–Kier alpha value is -6.15. The molecule has 0 N–H and O–H groups in total. The lowest BCUT2D eigenvalue weighted by Gasteiger charge is -2.16. The van der Waals surface area contributed by atoms with Gasteiger partial charge in [-0.05, 0) is 93.0 Å². The molecule has 0 spiro atoms. The van der Waals surface area contributed by atoms with Gasteiger partial charge >= 0.3 is 0 Å². The first-order chi connectivity index (χ1) is 23.4. The van der Waals surface area contributed by atoms with Crippen LogP contribution in [-0.2, 0) is 0 Å². The molecule has 246 valence electrons. The number of nitro groups is 1. The summed E-state index contributed by atoms with van der Waals surface area (Å²) in [6.45, 7) is 0. The van der Waals surface area contributed by atoms with Crippen molar-refractivity contribution in [2.45, 2.75) is 5.92 Å². The van der Waals surface area contributed by atoms with Crippen molar-refractivity contribution in [2.24, 2.45) is 0 Å². The van der Waals surface area contributed by atoms with E-state index in [1.807, 2.05) is 43.3 Å². The maximum Gasteiger partial charge on any atom is 0.269 e. The maximum atomic E-state index is 14.5. The smallest absolute Gasteiger partial charge is 0.269 e. The number of rotatable bonds is 9. The molecule has 5 aromatic rings. The number of non-ortho nitro benzene ring substituents is 1. The van der Waals surface area contributed by atoms with E-state index in [1.54, 1.807) is 12.2 Å². The highest BCUT2D eigenvalue weighted by molar-refractivity contribution is 5.88. The predicted molar refractivity (Wildman–Crippen MR) is 177 cm³/mol. The van der Waals surface area contributed by atoms with Gasteiger partial charge in [0.05, 0.1) is 16.9 Å². The number of hydrogen-bond donors (Lipinski definition) is 0. The Labute approximate surface area is 277 Å². The highest BCUT2D eigenvalue weighted by atomic mass is 19.2. The Morgan fingerprint density at radius 3 is 1.59 bits per heavy atom. The number of hydrogen-bond acceptors (Lipinski definition) is 4. The highest BCUT2D eigenvalue weighted by Gasteiger charge is 2.19. The van der Waals surface area contributed by atoms with Crippen molar-refractivity contribution in [3.63, 3.8) is 0 Å². The zero-order valence-electron chi connectivity index (χ0n) is 25.9. The quantitative estimate of drug-likeness (QED) is 0.0515. The van der Waals surface area contributed by atoms with Crippen LogP contribution in [0.4, 0.5) is 37.7 Å². The number of nitrogens with zero attached hydrogens (tertiary/aromatic N) is 3. The van der Waals surface area contributed by atoms with Crippen molar-refractivity contribution in [3.8, 4) is 28.3 Å². The lowest BCUT2D eigenvalue weighted by atomic mass is 9.89. The second-order valence-corrected chi connectivity index (χ2v) is 11.2. The fourth-order valence-electron chi connectivity index (χ4n) is 5.13. The Balaban J connectivity index is 1.73. The van der Waals surface area contributed by atoms with Gasteiger partial charge in [0.15, 0.2) is 34.9 Å². The molecule has 0 aliphatic rings. The molecule has 0 amide bonds. The van der Waals surface area contributed by atoms with Crippen LogP contribution in [-0.4, -0.2) is 19.0 Å². The van der Waals surface area contributed by atoms with E-state index in [0.717, 1.165) is 35.5 Å². The molecule has 0 aliphatic carbocycles. The van der Waals surface area contributed by atoms with Gasteiger partial charge in [0.1, 0.15) is 0 Å². The second kappa shape index (κ2) is 14.3. The van der Waals surface area contributed by atoms with Gasteiger partial charge in [-0.1, -0.05) is 48.6 Å². The van der Waals surface area contributed by atoms with E-state index in [1.165, 1.54) is 48.6 Å². The van der Waals surface area contributed by atoms with Crippen LogP contribution in [0.15, 0.2) is 91.0 Å². The first kappa shape index (κ1) is 34.2. The SMILES string of the molecule is CN(C)c1ccc(/C=C/c2cc(-c3cc(F)c(F)c(F)c3)c(/C=C/C(C#N)c3ccc([N+](=O)[O-])cc3)cc2-c2cc(F)c(F)c(F)c2)cc1. The third-order valence-corrected chi connectivity index (χ3v) is 7.75. The molecule has 0 fully saturated rings. The first-order valence-electron chi connectivity index (χ1n) is 14.6. The van der Waals surface area contributed by atoms with E-state index in [4.69, 9.17) is 0 Å². The molecule has 0 heterocycles. The van der Waals surface area contributed by atoms with Crippen molar-refractivity contribution >= 4 is 29.6 Å². The standard InChI is InChI=1S/C38H25F6N3O2/c1-46(2)29-11-4-22(5-12-29)3-6-24-15-32(28-19-35(41)38(44)36(42)20-28)25(16-31(24)27-17-33(39)37(43)34(40)18-27)7-8-26(21-45)23-9-13-30(14-10-23)47(48)49/h3-20,26H,1-2H3/b6-3+,8-7+. The highest BCUT2D eigenvalue weighted by Crippen LogP contribution is 2.37. The molecular formula is C38H25F6N3O2. The van der Waals surface area contributed by atoms with Crippen LogP contribution in [0.25, 0.3) is 40.5 Å². The van der Waals surface area contributed by atoms with Crippen LogP contribution in [0.3, 0.4) is 0 Å². The van der Waals surface area contributed by atoms with Gasteiger partial charge in [-0.2, -0.15) is 5.26 Å². The van der Waals surface area contributed by atoms with E-state index < -0.39 is 45.7 Å². The average molecular weight is 670 g/mol. The van der Waals surface area contributed by atoms with Crippen LogP contribution in [0, 0.1) is 56.3 Å². The van der Waals surface area contributed by atoms with E-state index >= 15 is 0 Å². The van der Waals surface area contributed by atoms with Gasteiger partial charge in [0.25, 0.3) is 5.69 Å². The molecular weight excluding hydrogens is 644 g/mol. The van der Waals surface area contributed by atoms with Gasteiger partial charge < -0.3 is 4.90 Å². The number of nitro benzene ring substituents is 1. The predicted octanol–water partition coefficient (Wildman–Crippen LogP) is 10.3. The molecule has 0 bridgehead atoms. The van der Waals surface area contributed by atoms with Gasteiger partial charge in [-0.3, -0.25) is 10.1 Å². The fraction of sp³-hybridized carbons (Fsp3) is 0.0789. The molecule has 5 nitrogen and oxygen atoms in total. The summed E-state index contributed by atoms with van der Waals surface area (Å²) in [7, 11) is 3.75. The molecule has 1 atom stereocenters. The fourth-order valence-corrected chi connectivity index (χ4v) is 5.13. The normalized spacial score (nSPS) is 12.0. The summed E-state index contributed by atoms with van der Waals surface area (Å²) in [6, 6.07) is 20.8. The first-order valence-corrected chi connectivity index (χ1v) is 14.6. The van der Waals surface area contributed by atoms with Gasteiger partial charge in [-0.25, -0.2) is 26.3 Å². The summed E-state index contributed by atoms with van der Waals surface area (Å²) < 4.78 is 86.0. The van der Waals surface area contributed by atoms with E-state index in [-0.39, 0.29) is 33.5 Å². The summed E-state index contributed by atoms with van der Waals surface area (Å²) in [5, 5.41) is 21.0. The van der Waals surface area contributed by atoms with Gasteiger partial charge in [0.2, 0.25) is 0 Å². The van der Waals surface area contributed by atoms with E-state index in [9.17, 15) is 41.7 Å². The largest absolute Gasteiger partial charge is 0.378 e. The zero-order valence-corrected chi connectivity index (χ0v) is 25.9. The summed E-state index contributed by atoms with van der Waals surface area (Å²) in [5.74, 6) is -10.1. The summed E-state index contributed by atoms with van der Waals surface area (Å²) >= 11 is 0. The molecule has 0 aromatic heterocycles. The third kappa shape index (κ3) is 7.55. The number of benzene rings is 5. The minimum Gasteiger partial charge on any atom is -0.378 e. The number of anilines is 1. The van der Waals surface area contributed by atoms with Crippen molar-refractivity contribution in [3.05, 3.63) is 158 Å². The monoisotopic (exact) mass is 669 g/mol. The van der Waals surface area contributed by atoms with Crippen LogP contribution >= 0.6 is 0 Å². The van der Waals surface area contributed by atoms with Crippen LogP contribution < -0.4 is 4.90 Å². The minimum absolute atomic E-state index is 0.0659. The Bertz CT molecular complexity index is 2110. The van der Waals surface area contributed by atoms with E-state index in [2.05, 4.69) is 6.07 Å². The van der Waals surface area contributed by atoms with Crippen molar-refractivity contribution in [1.29, 1.82) is 5.26 Å². The van der Waals surface area contributed by atoms with Crippen LogP contribution in [0.2, 0.25) is 0 Å². The molecule has 0 saturated carbocycles. The molecule has 0 saturated heterocycles. The molecule has 11 heteroatoms. The molecule has 5 aromatic carbocycles. The Morgan fingerprint density at radius 1 is 0.694 bits per heavy atom. The lowest BCUT2D eigenvalue weighted by molar-refractivity contribution is -0.384. The summed E-state index contributed by atoms with van der Waals surface area (Å²) in [4.78, 5) is 12.4. The molecule has 0 aliphatic heterocycles. The van der Waals surface area contributed by atoms with Crippen molar-refractivity contribution in [2.75, 3.05) is 19.0 Å². The van der Waals surface area contributed by atoms with Crippen molar-refractivity contribution < 1.29 is 31.3 Å². The number of halogens is 6. The third-order valence-electron chi connectivity index (χ3n) is 7.75. The average Bonchev–Trinajstić information content (AvgIpc) is 3.08. The molecule has 1 unspecified atom stereocenters. The van der Waals surface area contributed by atoms with E-state index in [0.29, 0.717) is 11.1 Å². The molecule has 49 heavy (non-hydrogen) atoms. The Morgan fingerprint density at radius 2 is 1.16 bits per heavy atom. The Kier molecular flexibility index (Phi) is 9.99. The molecule has 0 radical (unpaired) electrons. The zero-order chi connectivity index (χ0) is 35.4. The molecule has 5 rings (SSSR count). The minimum atomic E-state index is -1.68. The van der Waals surface area contributed by atoms with Crippen molar-refractivity contribution in [1.82, 2.24) is 0 Å². The van der Waals surface area contributed by atoms with Crippen LogP contribution in [0.1, 0.15) is 28.2 Å². The van der Waals surface area contributed by atoms with Crippen LogP contribution in [0.5, 0.6) is 0 Å². The number of allylic oxidation sites excluding steroid dienone is 1. The van der Waals surface area contributed by atoms with Gasteiger partial charge in [-0.15, -0.1) is 0 Å². The van der Waals surface area contributed by atoms with Gasteiger partial charge in [0, 0.05) is 31.9 Å². The topological polar surface area (TPSA) is 70.2 Å². The lowest BCUT2D eigenvalue weighted by Crippen LogP contribution is -2.07. The second-order valence-electron chi connectivity index (χ2n) is 11.2.